The van der Waals surface area contributed by atoms with E-state index < -0.39 is 0 Å². The fraction of sp³-hybridized carbons (Fsp3) is 0.571. The third-order valence-electron chi connectivity index (χ3n) is 3.16. The molecule has 0 amide bonds. The number of benzene rings is 1. The van der Waals surface area contributed by atoms with Gasteiger partial charge in [0, 0.05) is 11.6 Å². The first-order valence-electron chi connectivity index (χ1n) is 6.47. The molecule has 1 aromatic rings. The Bertz CT molecular complexity index is 355. The Morgan fingerprint density at radius 1 is 1.39 bits per heavy atom. The van der Waals surface area contributed by atoms with Gasteiger partial charge in [-0.2, -0.15) is 0 Å². The van der Waals surface area contributed by atoms with E-state index in [1.54, 1.807) is 0 Å². The van der Waals surface area contributed by atoms with Crippen LogP contribution in [0, 0.1) is 13.8 Å². The summed E-state index contributed by atoms with van der Waals surface area (Å²) in [5.74, 6) is 0. The summed E-state index contributed by atoms with van der Waals surface area (Å²) in [4.78, 5) is 0. The largest absolute Gasteiger partial charge is 0.473 e. The highest BCUT2D eigenvalue weighted by atomic mass is 79.9. The highest BCUT2D eigenvalue weighted by Crippen LogP contribution is 2.20. The first kappa shape index (κ1) is 16.8. The van der Waals surface area contributed by atoms with Crippen molar-refractivity contribution in [1.29, 1.82) is 0 Å². The van der Waals surface area contributed by atoms with Crippen LogP contribution in [0.4, 0.5) is 0 Å². The van der Waals surface area contributed by atoms with Crippen LogP contribution in [0.25, 0.3) is 0 Å². The number of hydrogen-bond acceptors (Lipinski definition) is 1. The van der Waals surface area contributed by atoms with Gasteiger partial charge in [0.2, 0.25) is 0 Å². The Hall–Kier alpha value is 0.716. The lowest BCUT2D eigenvalue weighted by atomic mass is 10.0. The average molecular weight is 344 g/mol. The van der Waals surface area contributed by atoms with Gasteiger partial charge in [0.05, 0.1) is 6.10 Å². The Balaban J connectivity index is 0.000000225. The molecule has 1 atom stereocenters. The van der Waals surface area contributed by atoms with Gasteiger partial charge in [-0.15, -0.1) is 4.55 Å². The molecule has 1 fully saturated rings. The van der Waals surface area contributed by atoms with Gasteiger partial charge < -0.3 is 17.6 Å². The topological polar surface area (TPSA) is 9.23 Å². The zero-order valence-electron chi connectivity index (χ0n) is 11.4. The van der Waals surface area contributed by atoms with E-state index in [1.807, 2.05) is 12.1 Å². The van der Waals surface area contributed by atoms with Crippen LogP contribution in [0.3, 0.4) is 0 Å². The van der Waals surface area contributed by atoms with Crippen molar-refractivity contribution in [2.75, 3.05) is 6.61 Å². The molecule has 18 heavy (non-hydrogen) atoms. The van der Waals surface area contributed by atoms with E-state index in [-0.39, 0.29) is 18.2 Å². The van der Waals surface area contributed by atoms with Crippen molar-refractivity contribution in [3.8, 4) is 0 Å². The minimum absolute atomic E-state index is 0.0699. The zero-order valence-corrected chi connectivity index (χ0v) is 15.2. The molecular weight excluding hydrogens is 324 g/mol. The third-order valence-corrected chi connectivity index (χ3v) is 5.26. The molecule has 1 nitrogen and oxygen atoms in total. The number of halogens is 2. The molecule has 0 aliphatic carbocycles. The SMILES string of the molecule is CC1CCCO1.Cc1cc(Cl)cc(C)c1[CH2][Mg][Br]. The van der Waals surface area contributed by atoms with E-state index in [9.17, 15) is 0 Å². The molecule has 2 rings (SSSR count). The lowest BCUT2D eigenvalue weighted by Crippen LogP contribution is -1.96. The molecule has 1 aliphatic heterocycles. The maximum absolute atomic E-state index is 5.92. The number of aryl methyl sites for hydroxylation is 2. The summed E-state index contributed by atoms with van der Waals surface area (Å²) < 4.78 is 6.37. The standard InChI is InChI=1S/C9H10Cl.C5H10O.BrH.Mg/c1-6-4-9(10)5-7(2)8(6)3;1-5-3-2-4-6-5;;/h4-5H,3H2,1-2H3;5H,2-4H2,1H3;1H;/q;;;+1/p-1. The predicted octanol–water partition coefficient (Wildman–Crippen LogP) is 4.66. The normalized spacial score (nSPS) is 17.9. The van der Waals surface area contributed by atoms with Crippen molar-refractivity contribution >= 4 is 42.7 Å². The van der Waals surface area contributed by atoms with Gasteiger partial charge in [-0.1, -0.05) is 17.2 Å². The molecule has 0 bridgehead atoms. The fourth-order valence-electron chi connectivity index (χ4n) is 2.17. The van der Waals surface area contributed by atoms with Crippen LogP contribution in [0.15, 0.2) is 12.1 Å². The van der Waals surface area contributed by atoms with Gasteiger partial charge in [-0.3, -0.25) is 0 Å². The van der Waals surface area contributed by atoms with E-state index in [2.05, 4.69) is 33.7 Å². The molecule has 0 N–H and O–H groups in total. The summed E-state index contributed by atoms with van der Waals surface area (Å²) in [7, 11) is 0. The molecule has 98 valence electrons. The van der Waals surface area contributed by atoms with Gasteiger partial charge in [0.25, 0.3) is 0 Å². The monoisotopic (exact) mass is 342 g/mol. The van der Waals surface area contributed by atoms with E-state index in [0.717, 1.165) is 11.6 Å². The molecule has 1 aliphatic rings. The van der Waals surface area contributed by atoms with Gasteiger partial charge in [0.15, 0.2) is 0 Å². The van der Waals surface area contributed by atoms with E-state index >= 15 is 0 Å². The summed E-state index contributed by atoms with van der Waals surface area (Å²) in [5.41, 5.74) is 4.13. The van der Waals surface area contributed by atoms with Crippen molar-refractivity contribution in [3.63, 3.8) is 0 Å². The van der Waals surface area contributed by atoms with Gasteiger partial charge in [0.1, 0.15) is 0 Å². The molecule has 0 spiro atoms. The van der Waals surface area contributed by atoms with E-state index in [1.165, 1.54) is 34.1 Å². The van der Waals surface area contributed by atoms with Crippen molar-refractivity contribution in [1.82, 2.24) is 0 Å². The van der Waals surface area contributed by atoms with Crippen molar-refractivity contribution < 1.29 is 4.74 Å². The van der Waals surface area contributed by atoms with Gasteiger partial charge >= 0.3 is 18.2 Å². The summed E-state index contributed by atoms with van der Waals surface area (Å²) in [5, 5.41) is 0.852. The van der Waals surface area contributed by atoms with Crippen molar-refractivity contribution in [2.45, 2.75) is 44.3 Å². The van der Waals surface area contributed by atoms with Crippen LogP contribution in [-0.4, -0.2) is 30.9 Å². The van der Waals surface area contributed by atoms with Crippen molar-refractivity contribution in [2.24, 2.45) is 0 Å². The molecule has 1 aromatic carbocycles. The molecule has 0 aromatic heterocycles. The van der Waals surface area contributed by atoms with Crippen molar-refractivity contribution in [3.05, 3.63) is 33.8 Å². The maximum atomic E-state index is 5.92. The van der Waals surface area contributed by atoms with E-state index in [0.29, 0.717) is 6.10 Å². The average Bonchev–Trinajstić information content (AvgIpc) is 2.75. The first-order chi connectivity index (χ1) is 8.54. The van der Waals surface area contributed by atoms with E-state index in [4.69, 9.17) is 16.3 Å². The number of hydrogen-bond donors (Lipinski definition) is 0. The quantitative estimate of drug-likeness (QED) is 0.710. The number of rotatable bonds is 2. The molecule has 1 unspecified atom stereocenters. The van der Waals surface area contributed by atoms with Crippen LogP contribution in [0.5, 0.6) is 0 Å². The lowest BCUT2D eigenvalue weighted by Gasteiger charge is -2.08. The minimum atomic E-state index is -0.0699. The Kier molecular flexibility index (Phi) is 8.20. The second kappa shape index (κ2) is 8.80. The molecule has 1 heterocycles. The Morgan fingerprint density at radius 2 is 2.00 bits per heavy atom. The van der Waals surface area contributed by atoms with Crippen LogP contribution in [0.2, 0.25) is 5.02 Å². The van der Waals surface area contributed by atoms with Crippen LogP contribution in [0.1, 0.15) is 36.5 Å². The van der Waals surface area contributed by atoms with Crippen LogP contribution < -0.4 is 0 Å². The summed E-state index contributed by atoms with van der Waals surface area (Å²) >= 11 is 9.43. The third kappa shape index (κ3) is 5.78. The van der Waals surface area contributed by atoms with Crippen LogP contribution >= 0.6 is 24.5 Å². The van der Waals surface area contributed by atoms with Gasteiger partial charge in [-0.25, -0.2) is 0 Å². The molecular formula is C14H20BrClMgO. The Morgan fingerprint density at radius 3 is 2.33 bits per heavy atom. The molecule has 4 heteroatoms. The van der Waals surface area contributed by atoms with Gasteiger partial charge in [-0.05, 0) is 56.9 Å². The second-order valence-electron chi connectivity index (χ2n) is 4.78. The minimum Gasteiger partial charge on any atom is -0.379 e. The second-order valence-corrected chi connectivity index (χ2v) is 8.47. The predicted molar refractivity (Wildman–Crippen MR) is 84.0 cm³/mol. The highest BCUT2D eigenvalue weighted by Gasteiger charge is 2.07. The summed E-state index contributed by atoms with van der Waals surface area (Å²) in [6.07, 6.45) is 3.08. The van der Waals surface area contributed by atoms with Crippen LogP contribution in [-0.2, 0) is 9.29 Å². The Labute approximate surface area is 131 Å². The lowest BCUT2D eigenvalue weighted by molar-refractivity contribution is 0.125. The fourth-order valence-corrected chi connectivity index (χ4v) is 4.66. The maximum Gasteiger partial charge on any atom is 0.473 e. The number of ether oxygens (including phenoxy) is 1. The summed E-state index contributed by atoms with van der Waals surface area (Å²) in [6, 6.07) is 4.09. The molecule has 1 saturated heterocycles. The highest BCUT2D eigenvalue weighted by molar-refractivity contribution is 9.23. The molecule has 0 radical (unpaired) electrons. The smallest absolute Gasteiger partial charge is 0.379 e. The first-order valence-corrected chi connectivity index (χ1v) is 11.8. The summed E-state index contributed by atoms with van der Waals surface area (Å²) in [6.45, 7) is 7.37. The molecule has 0 saturated carbocycles. The zero-order chi connectivity index (χ0) is 13.5.